The third kappa shape index (κ3) is 2.85. The number of H-pyrrole nitrogens is 1. The summed E-state index contributed by atoms with van der Waals surface area (Å²) in [5.41, 5.74) is 1.32. The van der Waals surface area contributed by atoms with Gasteiger partial charge in [-0.05, 0) is 50.5 Å². The average molecular weight is 331 g/mol. The molecule has 2 aromatic rings. The predicted molar refractivity (Wildman–Crippen MR) is 95.2 cm³/mol. The van der Waals surface area contributed by atoms with E-state index in [4.69, 9.17) is 4.98 Å². The van der Waals surface area contributed by atoms with Crippen molar-refractivity contribution in [3.63, 3.8) is 0 Å². The average Bonchev–Trinajstić information content (AvgIpc) is 3.13. The Morgan fingerprint density at radius 2 is 2.09 bits per heavy atom. The fourth-order valence-corrected chi connectivity index (χ4v) is 5.49. The molecule has 0 spiro atoms. The molecule has 0 amide bonds. The topological polar surface area (TPSA) is 57.8 Å². The molecular weight excluding hydrogens is 306 g/mol. The zero-order valence-corrected chi connectivity index (χ0v) is 14.8. The van der Waals surface area contributed by atoms with E-state index in [9.17, 15) is 4.79 Å². The van der Waals surface area contributed by atoms with Crippen molar-refractivity contribution < 1.29 is 0 Å². The van der Waals surface area contributed by atoms with Crippen LogP contribution in [0.2, 0.25) is 0 Å². The van der Waals surface area contributed by atoms with Crippen LogP contribution in [0.3, 0.4) is 0 Å². The van der Waals surface area contributed by atoms with Gasteiger partial charge in [-0.2, -0.15) is 0 Å². The molecule has 0 aromatic carbocycles. The van der Waals surface area contributed by atoms with E-state index in [0.717, 1.165) is 34.8 Å². The van der Waals surface area contributed by atoms with E-state index in [-0.39, 0.29) is 11.6 Å². The second-order valence-corrected chi connectivity index (χ2v) is 8.44. The van der Waals surface area contributed by atoms with Crippen LogP contribution in [-0.2, 0) is 12.8 Å². The van der Waals surface area contributed by atoms with Crippen LogP contribution in [0, 0.1) is 5.92 Å². The Kier molecular flexibility index (Phi) is 4.01. The number of fused-ring (bicyclic) bond motifs is 3. The van der Waals surface area contributed by atoms with Gasteiger partial charge in [0, 0.05) is 10.9 Å². The van der Waals surface area contributed by atoms with Crippen molar-refractivity contribution in [2.24, 2.45) is 5.92 Å². The molecule has 5 heteroatoms. The van der Waals surface area contributed by atoms with Crippen molar-refractivity contribution in [1.82, 2.24) is 15.3 Å². The summed E-state index contributed by atoms with van der Waals surface area (Å²) in [5, 5.41) is 4.48. The summed E-state index contributed by atoms with van der Waals surface area (Å²) in [6.07, 6.45) is 8.40. The lowest BCUT2D eigenvalue weighted by molar-refractivity contribution is 0.447. The Labute approximate surface area is 140 Å². The number of nitrogens with one attached hydrogen (secondary N) is 2. The Morgan fingerprint density at radius 3 is 2.87 bits per heavy atom. The standard InChI is InChI=1S/C18H25N3OS/c1-10-7-8-13-14(9-10)23-18-15(13)17(22)20-16(21-18)11(2)19-12-5-3-4-6-12/h10-12,19H,3-9H2,1-2H3,(H,20,21,22)/t10-,11-/m1/s1. The van der Waals surface area contributed by atoms with Crippen molar-refractivity contribution in [3.8, 4) is 0 Å². The molecule has 2 aromatic heterocycles. The van der Waals surface area contributed by atoms with Crippen LogP contribution in [0.1, 0.15) is 68.3 Å². The molecule has 0 saturated heterocycles. The van der Waals surface area contributed by atoms with Gasteiger partial charge in [0.15, 0.2) is 0 Å². The van der Waals surface area contributed by atoms with Crippen molar-refractivity contribution in [2.45, 2.75) is 70.9 Å². The van der Waals surface area contributed by atoms with Gasteiger partial charge < -0.3 is 10.3 Å². The number of thiophene rings is 1. The zero-order valence-electron chi connectivity index (χ0n) is 13.9. The Balaban J connectivity index is 1.68. The van der Waals surface area contributed by atoms with E-state index in [1.165, 1.54) is 42.5 Å². The maximum absolute atomic E-state index is 12.6. The maximum Gasteiger partial charge on any atom is 0.259 e. The van der Waals surface area contributed by atoms with E-state index in [1.807, 2.05) is 0 Å². The maximum atomic E-state index is 12.6. The lowest BCUT2D eigenvalue weighted by Crippen LogP contribution is -2.31. The third-order valence-electron chi connectivity index (χ3n) is 5.43. The van der Waals surface area contributed by atoms with Crippen LogP contribution in [0.25, 0.3) is 10.2 Å². The van der Waals surface area contributed by atoms with Gasteiger partial charge >= 0.3 is 0 Å². The van der Waals surface area contributed by atoms with Crippen LogP contribution >= 0.6 is 11.3 Å². The molecule has 4 rings (SSSR count). The number of hydrogen-bond acceptors (Lipinski definition) is 4. The van der Waals surface area contributed by atoms with E-state index >= 15 is 0 Å². The molecular formula is C18H25N3OS. The quantitative estimate of drug-likeness (QED) is 0.901. The molecule has 0 radical (unpaired) electrons. The van der Waals surface area contributed by atoms with Crippen LogP contribution in [-0.4, -0.2) is 16.0 Å². The molecule has 4 nitrogen and oxygen atoms in total. The van der Waals surface area contributed by atoms with Gasteiger partial charge in [0.2, 0.25) is 0 Å². The summed E-state index contributed by atoms with van der Waals surface area (Å²) < 4.78 is 0. The Bertz CT molecular complexity index is 772. The minimum atomic E-state index is 0.0529. The first-order valence-electron chi connectivity index (χ1n) is 8.92. The summed E-state index contributed by atoms with van der Waals surface area (Å²) in [4.78, 5) is 22.8. The van der Waals surface area contributed by atoms with Crippen LogP contribution < -0.4 is 10.9 Å². The molecule has 2 N–H and O–H groups in total. The lowest BCUT2D eigenvalue weighted by atomic mass is 9.89. The number of aromatic amines is 1. The smallest absolute Gasteiger partial charge is 0.259 e. The minimum Gasteiger partial charge on any atom is -0.309 e. The molecule has 2 heterocycles. The van der Waals surface area contributed by atoms with Gasteiger partial charge in [-0.1, -0.05) is 19.8 Å². The van der Waals surface area contributed by atoms with Crippen LogP contribution in [0.15, 0.2) is 4.79 Å². The van der Waals surface area contributed by atoms with Crippen LogP contribution in [0.4, 0.5) is 0 Å². The SMILES string of the molecule is C[C@@H]1CCc2c(sc3nc([C@@H](C)NC4CCCC4)[nH]c(=O)c23)C1. The fourth-order valence-electron chi connectivity index (χ4n) is 4.10. The zero-order chi connectivity index (χ0) is 16.0. The molecule has 1 fully saturated rings. The second-order valence-electron chi connectivity index (χ2n) is 7.35. The number of hydrogen-bond donors (Lipinski definition) is 2. The molecule has 0 unspecified atom stereocenters. The summed E-state index contributed by atoms with van der Waals surface area (Å²) in [7, 11) is 0. The Morgan fingerprint density at radius 1 is 1.30 bits per heavy atom. The van der Waals surface area contributed by atoms with Gasteiger partial charge in [0.25, 0.3) is 5.56 Å². The summed E-state index contributed by atoms with van der Waals surface area (Å²) in [6.45, 7) is 4.40. The van der Waals surface area contributed by atoms with Crippen molar-refractivity contribution >= 4 is 21.6 Å². The van der Waals surface area contributed by atoms with E-state index in [2.05, 4.69) is 24.1 Å². The molecule has 1 saturated carbocycles. The predicted octanol–water partition coefficient (Wildman–Crippen LogP) is 3.70. The molecule has 0 aliphatic heterocycles. The van der Waals surface area contributed by atoms with E-state index in [0.29, 0.717) is 6.04 Å². The third-order valence-corrected chi connectivity index (χ3v) is 6.58. The van der Waals surface area contributed by atoms with Gasteiger partial charge in [0.1, 0.15) is 10.7 Å². The fraction of sp³-hybridized carbons (Fsp3) is 0.667. The first-order chi connectivity index (χ1) is 11.1. The monoisotopic (exact) mass is 331 g/mol. The first kappa shape index (κ1) is 15.3. The van der Waals surface area contributed by atoms with Gasteiger partial charge in [0.05, 0.1) is 11.4 Å². The van der Waals surface area contributed by atoms with Crippen LogP contribution in [0.5, 0.6) is 0 Å². The highest BCUT2D eigenvalue weighted by atomic mass is 32.1. The van der Waals surface area contributed by atoms with Gasteiger partial charge in [-0.3, -0.25) is 4.79 Å². The summed E-state index contributed by atoms with van der Waals surface area (Å²) >= 11 is 1.73. The number of aryl methyl sites for hydroxylation is 1. The number of rotatable bonds is 3. The molecule has 23 heavy (non-hydrogen) atoms. The van der Waals surface area contributed by atoms with Crippen molar-refractivity contribution in [3.05, 3.63) is 26.6 Å². The van der Waals surface area contributed by atoms with E-state index < -0.39 is 0 Å². The van der Waals surface area contributed by atoms with Gasteiger partial charge in [-0.25, -0.2) is 4.98 Å². The van der Waals surface area contributed by atoms with Crippen molar-refractivity contribution in [1.29, 1.82) is 0 Å². The van der Waals surface area contributed by atoms with Crippen molar-refractivity contribution in [2.75, 3.05) is 0 Å². The first-order valence-corrected chi connectivity index (χ1v) is 9.74. The number of nitrogens with zero attached hydrogens (tertiary/aromatic N) is 1. The molecule has 124 valence electrons. The molecule has 2 aliphatic carbocycles. The second kappa shape index (κ2) is 6.02. The highest BCUT2D eigenvalue weighted by molar-refractivity contribution is 7.18. The summed E-state index contributed by atoms with van der Waals surface area (Å²) in [5.74, 6) is 1.51. The number of aromatic nitrogens is 2. The molecule has 2 atom stereocenters. The largest absolute Gasteiger partial charge is 0.309 e. The van der Waals surface area contributed by atoms with E-state index in [1.54, 1.807) is 11.3 Å². The normalized spacial score (nSPS) is 23.3. The Hall–Kier alpha value is -1.20. The highest BCUT2D eigenvalue weighted by Gasteiger charge is 2.24. The highest BCUT2D eigenvalue weighted by Crippen LogP contribution is 2.35. The minimum absolute atomic E-state index is 0.0529. The molecule has 2 aliphatic rings. The molecule has 0 bridgehead atoms. The summed E-state index contributed by atoms with van der Waals surface area (Å²) in [6, 6.07) is 0.677. The van der Waals surface area contributed by atoms with Gasteiger partial charge in [-0.15, -0.1) is 11.3 Å². The lowest BCUT2D eigenvalue weighted by Gasteiger charge is -2.18.